The quantitative estimate of drug-likeness (QED) is 0.238. The maximum Gasteiger partial charge on any atom is 0.300 e. The molecule has 1 saturated heterocycles. The summed E-state index contributed by atoms with van der Waals surface area (Å²) >= 11 is 0. The lowest BCUT2D eigenvalue weighted by Gasteiger charge is -2.28. The lowest BCUT2D eigenvalue weighted by atomic mass is 9.94. The molecular weight excluding hydrogens is 476 g/mol. The third-order valence-corrected chi connectivity index (χ3v) is 7.51. The molecule has 1 unspecified atom stereocenters. The average Bonchev–Trinajstić information content (AvgIpc) is 3.21. The monoisotopic (exact) mass is 510 g/mol. The predicted octanol–water partition coefficient (Wildman–Crippen LogP) is 6.05. The molecule has 3 aromatic rings. The second-order valence-corrected chi connectivity index (χ2v) is 9.99. The van der Waals surface area contributed by atoms with E-state index in [9.17, 15) is 14.7 Å². The second-order valence-electron chi connectivity index (χ2n) is 9.99. The maximum atomic E-state index is 13.5. The molecule has 1 amide bonds. The van der Waals surface area contributed by atoms with E-state index in [1.165, 1.54) is 10.5 Å². The zero-order valence-corrected chi connectivity index (χ0v) is 22.2. The van der Waals surface area contributed by atoms with Gasteiger partial charge in [0.25, 0.3) is 11.7 Å². The molecule has 1 fully saturated rings. The minimum absolute atomic E-state index is 0.0913. The van der Waals surface area contributed by atoms with Crippen LogP contribution in [0.2, 0.25) is 0 Å². The molecule has 2 heterocycles. The van der Waals surface area contributed by atoms with Gasteiger partial charge in [-0.3, -0.25) is 14.5 Å². The molecular formula is C32H34N2O4. The number of unbranched alkanes of at least 4 members (excludes halogenated alkanes) is 1. The van der Waals surface area contributed by atoms with Crippen molar-refractivity contribution in [3.05, 3.63) is 94.6 Å². The van der Waals surface area contributed by atoms with Gasteiger partial charge in [-0.1, -0.05) is 56.7 Å². The molecule has 6 heteroatoms. The molecule has 0 bridgehead atoms. The summed E-state index contributed by atoms with van der Waals surface area (Å²) in [6.07, 6.45) is 4.04. The van der Waals surface area contributed by atoms with Crippen molar-refractivity contribution < 1.29 is 19.4 Å². The summed E-state index contributed by atoms with van der Waals surface area (Å²) < 4.78 is 5.74. The van der Waals surface area contributed by atoms with Crippen LogP contribution in [-0.2, 0) is 22.4 Å². The lowest BCUT2D eigenvalue weighted by molar-refractivity contribution is -0.132. The molecule has 0 aliphatic carbocycles. The van der Waals surface area contributed by atoms with Crippen LogP contribution in [0.4, 0.5) is 11.4 Å². The number of fused-ring (bicyclic) bond motifs is 1. The first kappa shape index (κ1) is 25.6. The maximum absolute atomic E-state index is 13.5. The fourth-order valence-electron chi connectivity index (χ4n) is 5.21. The van der Waals surface area contributed by atoms with Crippen molar-refractivity contribution in [1.29, 1.82) is 0 Å². The fourth-order valence-corrected chi connectivity index (χ4v) is 5.21. The standard InChI is InChI=1S/C32H34N2O4/c1-4-6-7-22-10-15-25(16-11-22)34-29(23-12-8-21(5-2)9-13-23)28(31(36)32(34)37)30(35)24-14-17-27-26(20-24)33(3)18-19-38-27/h8-17,20,29,35H,4-7,18-19H2,1-3H3/b30-28-. The summed E-state index contributed by atoms with van der Waals surface area (Å²) in [5, 5.41) is 11.6. The number of aliphatic hydroxyl groups is 1. The summed E-state index contributed by atoms with van der Waals surface area (Å²) in [6.45, 7) is 5.55. The Morgan fingerprint density at radius 1 is 0.974 bits per heavy atom. The fraction of sp³-hybridized carbons (Fsp3) is 0.312. The van der Waals surface area contributed by atoms with Crippen LogP contribution in [-0.4, -0.2) is 37.0 Å². The van der Waals surface area contributed by atoms with Gasteiger partial charge in [0.1, 0.15) is 18.1 Å². The third-order valence-electron chi connectivity index (χ3n) is 7.51. The van der Waals surface area contributed by atoms with Crippen LogP contribution >= 0.6 is 0 Å². The number of hydrogen-bond acceptors (Lipinski definition) is 5. The molecule has 6 nitrogen and oxygen atoms in total. The van der Waals surface area contributed by atoms with Crippen LogP contribution in [0.1, 0.15) is 55.0 Å². The average molecular weight is 511 g/mol. The van der Waals surface area contributed by atoms with E-state index < -0.39 is 17.7 Å². The van der Waals surface area contributed by atoms with E-state index in [0.717, 1.165) is 54.8 Å². The summed E-state index contributed by atoms with van der Waals surface area (Å²) in [7, 11) is 1.96. The van der Waals surface area contributed by atoms with Crippen LogP contribution in [0.5, 0.6) is 5.75 Å². The number of likely N-dealkylation sites (N-methyl/N-ethyl adjacent to an activating group) is 1. The van der Waals surface area contributed by atoms with Crippen LogP contribution in [0.25, 0.3) is 5.76 Å². The normalized spacial score (nSPS) is 18.4. The lowest BCUT2D eigenvalue weighted by Crippen LogP contribution is -2.29. The first-order valence-electron chi connectivity index (χ1n) is 13.4. The molecule has 5 rings (SSSR count). The van der Waals surface area contributed by atoms with Gasteiger partial charge in [-0.25, -0.2) is 0 Å². The van der Waals surface area contributed by atoms with Crippen molar-refractivity contribution in [3.63, 3.8) is 0 Å². The summed E-state index contributed by atoms with van der Waals surface area (Å²) in [6, 6.07) is 20.3. The number of aryl methyl sites for hydroxylation is 2. The Morgan fingerprint density at radius 2 is 1.68 bits per heavy atom. The van der Waals surface area contributed by atoms with Crippen LogP contribution in [0, 0.1) is 0 Å². The highest BCUT2D eigenvalue weighted by Gasteiger charge is 2.47. The topological polar surface area (TPSA) is 70.1 Å². The van der Waals surface area contributed by atoms with Crippen molar-refractivity contribution in [2.75, 3.05) is 30.0 Å². The van der Waals surface area contributed by atoms with Crippen LogP contribution < -0.4 is 14.5 Å². The minimum atomic E-state index is -0.743. The van der Waals surface area contributed by atoms with Gasteiger partial charge < -0.3 is 14.7 Å². The predicted molar refractivity (Wildman–Crippen MR) is 151 cm³/mol. The van der Waals surface area contributed by atoms with Crippen molar-refractivity contribution in [1.82, 2.24) is 0 Å². The Labute approximate surface area is 224 Å². The number of ketones is 1. The number of aliphatic hydroxyl groups excluding tert-OH is 1. The summed E-state index contributed by atoms with van der Waals surface area (Å²) in [5.41, 5.74) is 5.16. The Bertz CT molecular complexity index is 1380. The highest BCUT2D eigenvalue weighted by molar-refractivity contribution is 6.51. The van der Waals surface area contributed by atoms with Crippen LogP contribution in [0.15, 0.2) is 72.3 Å². The number of carbonyl (C=O) groups is 2. The molecule has 2 aliphatic heterocycles. The van der Waals surface area contributed by atoms with Crippen molar-refractivity contribution in [2.45, 2.75) is 45.6 Å². The molecule has 38 heavy (non-hydrogen) atoms. The summed E-state index contributed by atoms with van der Waals surface area (Å²) in [4.78, 5) is 30.6. The molecule has 1 N–H and O–H groups in total. The van der Waals surface area contributed by atoms with Gasteiger partial charge in [-0.05, 0) is 66.3 Å². The van der Waals surface area contributed by atoms with E-state index in [1.54, 1.807) is 12.1 Å². The van der Waals surface area contributed by atoms with Gasteiger partial charge in [-0.2, -0.15) is 0 Å². The molecule has 196 valence electrons. The van der Waals surface area contributed by atoms with E-state index in [2.05, 4.69) is 18.7 Å². The Balaban J connectivity index is 1.63. The van der Waals surface area contributed by atoms with E-state index in [4.69, 9.17) is 4.74 Å². The molecule has 1 atom stereocenters. The number of ether oxygens (including phenoxy) is 1. The summed E-state index contributed by atoms with van der Waals surface area (Å²) in [5.74, 6) is -0.789. The molecule has 0 radical (unpaired) electrons. The first-order chi connectivity index (χ1) is 18.4. The number of benzene rings is 3. The Morgan fingerprint density at radius 3 is 2.37 bits per heavy atom. The van der Waals surface area contributed by atoms with Gasteiger partial charge >= 0.3 is 0 Å². The smallest absolute Gasteiger partial charge is 0.300 e. The SMILES string of the molecule is CCCCc1ccc(N2C(=O)C(=O)/C(=C(\O)c3ccc4c(c3)N(C)CCO4)C2c2ccc(CC)cc2)cc1. The van der Waals surface area contributed by atoms with Crippen molar-refractivity contribution in [2.24, 2.45) is 0 Å². The molecule has 3 aromatic carbocycles. The van der Waals surface area contributed by atoms with Gasteiger partial charge in [0.15, 0.2) is 0 Å². The van der Waals surface area contributed by atoms with E-state index in [-0.39, 0.29) is 11.3 Å². The van der Waals surface area contributed by atoms with E-state index >= 15 is 0 Å². The number of nitrogens with zero attached hydrogens (tertiary/aromatic N) is 2. The van der Waals surface area contributed by atoms with Crippen LogP contribution in [0.3, 0.4) is 0 Å². The highest BCUT2D eigenvalue weighted by atomic mass is 16.5. The minimum Gasteiger partial charge on any atom is -0.507 e. The Kier molecular flexibility index (Phi) is 7.23. The van der Waals surface area contributed by atoms with E-state index in [0.29, 0.717) is 17.9 Å². The largest absolute Gasteiger partial charge is 0.507 e. The number of rotatable bonds is 7. The molecule has 0 saturated carbocycles. The molecule has 0 spiro atoms. The zero-order valence-electron chi connectivity index (χ0n) is 22.2. The van der Waals surface area contributed by atoms with Crippen molar-refractivity contribution >= 4 is 28.8 Å². The number of anilines is 2. The number of amides is 1. The second kappa shape index (κ2) is 10.7. The molecule has 2 aliphatic rings. The Hall–Kier alpha value is -4.06. The van der Waals surface area contributed by atoms with Gasteiger partial charge in [0, 0.05) is 18.3 Å². The number of carbonyl (C=O) groups excluding carboxylic acids is 2. The van der Waals surface area contributed by atoms with Gasteiger partial charge in [0.05, 0.1) is 23.8 Å². The zero-order chi connectivity index (χ0) is 26.8. The van der Waals surface area contributed by atoms with E-state index in [1.807, 2.05) is 61.6 Å². The number of hydrogen-bond donors (Lipinski definition) is 1. The number of Topliss-reactive ketones (excluding diaryl/α,β-unsaturated/α-hetero) is 1. The van der Waals surface area contributed by atoms with Gasteiger partial charge in [0.2, 0.25) is 0 Å². The van der Waals surface area contributed by atoms with Crippen molar-refractivity contribution in [3.8, 4) is 5.75 Å². The van der Waals surface area contributed by atoms with Gasteiger partial charge in [-0.15, -0.1) is 0 Å². The highest BCUT2D eigenvalue weighted by Crippen LogP contribution is 2.43. The third kappa shape index (κ3) is 4.67. The first-order valence-corrected chi connectivity index (χ1v) is 13.4. The molecule has 0 aromatic heterocycles.